The van der Waals surface area contributed by atoms with Crippen molar-refractivity contribution >= 4 is 32.9 Å². The maximum atomic E-state index is 11.8. The van der Waals surface area contributed by atoms with Gasteiger partial charge in [-0.25, -0.2) is 8.99 Å². The summed E-state index contributed by atoms with van der Waals surface area (Å²) in [6.45, 7) is 0. The van der Waals surface area contributed by atoms with Gasteiger partial charge in [-0.05, 0) is 17.7 Å². The highest BCUT2D eigenvalue weighted by Gasteiger charge is 2.17. The van der Waals surface area contributed by atoms with Crippen LogP contribution in [-0.4, -0.2) is 44.1 Å². The van der Waals surface area contributed by atoms with E-state index in [1.807, 2.05) is 31.1 Å². The molecule has 0 aliphatic rings. The standard InChI is InChI=1S/C15H17ClN6OS/c1-21(2)14-12(13(16)20-15-18-9-19-22(14)15)8-10-4-6-11(7-5-10)24(3,17)23/h4-7,9,17H,8H2,1-3H3/t24-/m0/s1. The third kappa shape index (κ3) is 3.07. The van der Waals surface area contributed by atoms with Crippen molar-refractivity contribution in [3.63, 3.8) is 0 Å². The summed E-state index contributed by atoms with van der Waals surface area (Å²) in [7, 11) is 1.10. The molecule has 0 saturated heterocycles. The molecule has 1 N–H and O–H groups in total. The quantitative estimate of drug-likeness (QED) is 0.718. The molecule has 24 heavy (non-hydrogen) atoms. The predicted octanol–water partition coefficient (Wildman–Crippen LogP) is 2.47. The van der Waals surface area contributed by atoms with Crippen LogP contribution in [0.4, 0.5) is 5.82 Å². The van der Waals surface area contributed by atoms with Crippen LogP contribution in [0.5, 0.6) is 0 Å². The number of aromatic nitrogens is 4. The van der Waals surface area contributed by atoms with Gasteiger partial charge in [-0.15, -0.1) is 0 Å². The molecule has 1 atom stereocenters. The lowest BCUT2D eigenvalue weighted by atomic mass is 10.1. The summed E-state index contributed by atoms with van der Waals surface area (Å²) in [6.07, 6.45) is 3.39. The summed E-state index contributed by atoms with van der Waals surface area (Å²) in [5, 5.41) is 4.59. The second-order valence-electron chi connectivity index (χ2n) is 5.74. The minimum Gasteiger partial charge on any atom is -0.362 e. The Hall–Kier alpha value is -2.19. The van der Waals surface area contributed by atoms with Gasteiger partial charge < -0.3 is 4.90 Å². The molecule has 0 fully saturated rings. The van der Waals surface area contributed by atoms with Crippen LogP contribution < -0.4 is 4.90 Å². The molecule has 0 amide bonds. The molecule has 9 heteroatoms. The number of nitrogens with zero attached hydrogens (tertiary/aromatic N) is 5. The highest BCUT2D eigenvalue weighted by molar-refractivity contribution is 7.91. The molecule has 0 saturated carbocycles. The van der Waals surface area contributed by atoms with Crippen LogP contribution in [0, 0.1) is 4.78 Å². The molecular formula is C15H17ClN6OS. The minimum absolute atomic E-state index is 0.378. The van der Waals surface area contributed by atoms with E-state index >= 15 is 0 Å². The van der Waals surface area contributed by atoms with Gasteiger partial charge in [-0.2, -0.15) is 19.6 Å². The van der Waals surface area contributed by atoms with E-state index in [1.54, 1.807) is 16.6 Å². The van der Waals surface area contributed by atoms with Crippen molar-refractivity contribution < 1.29 is 4.21 Å². The summed E-state index contributed by atoms with van der Waals surface area (Å²) >= 11 is 6.37. The SMILES string of the molecule is CN(C)c1c(Cc2ccc([S@@](C)(=N)=O)cc2)c(Cl)nc2ncnn12. The Morgan fingerprint density at radius 3 is 2.54 bits per heavy atom. The highest BCUT2D eigenvalue weighted by Crippen LogP contribution is 2.28. The Morgan fingerprint density at radius 1 is 1.29 bits per heavy atom. The van der Waals surface area contributed by atoms with Crippen molar-refractivity contribution in [1.29, 1.82) is 4.78 Å². The number of anilines is 1. The molecule has 1 aromatic carbocycles. The Balaban J connectivity index is 2.06. The molecule has 0 bridgehead atoms. The molecular weight excluding hydrogens is 348 g/mol. The summed E-state index contributed by atoms with van der Waals surface area (Å²) < 4.78 is 21.1. The summed E-state index contributed by atoms with van der Waals surface area (Å²) in [6, 6.07) is 7.15. The molecule has 0 spiro atoms. The zero-order valence-electron chi connectivity index (χ0n) is 13.5. The topological polar surface area (TPSA) is 87.2 Å². The molecule has 3 rings (SSSR count). The summed E-state index contributed by atoms with van der Waals surface area (Å²) in [5.74, 6) is 1.26. The average molecular weight is 365 g/mol. The summed E-state index contributed by atoms with van der Waals surface area (Å²) in [5.41, 5.74) is 1.81. The Bertz CT molecular complexity index is 995. The molecule has 7 nitrogen and oxygen atoms in total. The van der Waals surface area contributed by atoms with E-state index in [0.29, 0.717) is 22.2 Å². The van der Waals surface area contributed by atoms with Gasteiger partial charge in [-0.3, -0.25) is 0 Å². The monoisotopic (exact) mass is 364 g/mol. The first-order chi connectivity index (χ1) is 11.3. The van der Waals surface area contributed by atoms with Gasteiger partial charge in [0.25, 0.3) is 5.78 Å². The molecule has 2 aromatic heterocycles. The lowest BCUT2D eigenvalue weighted by Crippen LogP contribution is -2.18. The van der Waals surface area contributed by atoms with Crippen LogP contribution in [0.25, 0.3) is 5.78 Å². The first-order valence-electron chi connectivity index (χ1n) is 7.15. The second kappa shape index (κ2) is 6.03. The van der Waals surface area contributed by atoms with Crippen molar-refractivity contribution in [2.75, 3.05) is 25.3 Å². The first-order valence-corrected chi connectivity index (χ1v) is 9.50. The van der Waals surface area contributed by atoms with Crippen molar-refractivity contribution in [3.05, 3.63) is 46.9 Å². The molecule has 126 valence electrons. The van der Waals surface area contributed by atoms with Gasteiger partial charge in [0.15, 0.2) is 0 Å². The number of hydrogen-bond acceptors (Lipinski definition) is 6. The van der Waals surface area contributed by atoms with Crippen molar-refractivity contribution in [2.24, 2.45) is 0 Å². The molecule has 3 aromatic rings. The number of hydrogen-bond donors (Lipinski definition) is 1. The van der Waals surface area contributed by atoms with Crippen molar-refractivity contribution in [1.82, 2.24) is 19.6 Å². The number of halogens is 1. The maximum absolute atomic E-state index is 11.8. The smallest absolute Gasteiger partial charge is 0.255 e. The molecule has 0 unspecified atom stereocenters. The maximum Gasteiger partial charge on any atom is 0.255 e. The normalized spacial score (nSPS) is 13.8. The van der Waals surface area contributed by atoms with Crippen LogP contribution in [0.3, 0.4) is 0 Å². The van der Waals surface area contributed by atoms with Gasteiger partial charge in [0.2, 0.25) is 0 Å². The van der Waals surface area contributed by atoms with Gasteiger partial charge in [0, 0.05) is 37.2 Å². The fourth-order valence-corrected chi connectivity index (χ4v) is 3.40. The van der Waals surface area contributed by atoms with Gasteiger partial charge in [0.05, 0.1) is 9.73 Å². The average Bonchev–Trinajstić information content (AvgIpc) is 2.94. The van der Waals surface area contributed by atoms with E-state index in [1.165, 1.54) is 12.6 Å². The minimum atomic E-state index is -2.71. The van der Waals surface area contributed by atoms with Crippen molar-refractivity contribution in [3.8, 4) is 0 Å². The predicted molar refractivity (Wildman–Crippen MR) is 94.4 cm³/mol. The van der Waals surface area contributed by atoms with Gasteiger partial charge in [0.1, 0.15) is 17.3 Å². The van der Waals surface area contributed by atoms with Crippen LogP contribution in [0.2, 0.25) is 5.15 Å². The molecule has 2 heterocycles. The number of nitrogens with one attached hydrogen (secondary N) is 1. The highest BCUT2D eigenvalue weighted by atomic mass is 35.5. The van der Waals surface area contributed by atoms with E-state index in [9.17, 15) is 4.21 Å². The van der Waals surface area contributed by atoms with Crippen LogP contribution in [0.15, 0.2) is 35.5 Å². The lowest BCUT2D eigenvalue weighted by molar-refractivity contribution is 0.679. The van der Waals surface area contributed by atoms with E-state index in [2.05, 4.69) is 15.1 Å². The van der Waals surface area contributed by atoms with Gasteiger partial charge in [-0.1, -0.05) is 23.7 Å². The fraction of sp³-hybridized carbons (Fsp3) is 0.267. The van der Waals surface area contributed by atoms with E-state index in [4.69, 9.17) is 16.4 Å². The Labute approximate surface area is 145 Å². The second-order valence-corrected chi connectivity index (χ2v) is 8.25. The van der Waals surface area contributed by atoms with E-state index < -0.39 is 9.73 Å². The summed E-state index contributed by atoms with van der Waals surface area (Å²) in [4.78, 5) is 10.8. The van der Waals surface area contributed by atoms with E-state index in [-0.39, 0.29) is 0 Å². The van der Waals surface area contributed by atoms with E-state index in [0.717, 1.165) is 16.9 Å². The third-order valence-electron chi connectivity index (χ3n) is 3.63. The lowest BCUT2D eigenvalue weighted by Gasteiger charge is -2.19. The molecule has 0 aliphatic heterocycles. The first kappa shape index (κ1) is 16.7. The zero-order valence-corrected chi connectivity index (χ0v) is 15.1. The van der Waals surface area contributed by atoms with Crippen LogP contribution >= 0.6 is 11.6 Å². The Kier molecular flexibility index (Phi) is 4.18. The fourth-order valence-electron chi connectivity index (χ4n) is 2.52. The zero-order chi connectivity index (χ0) is 17.5. The molecule has 0 radical (unpaired) electrons. The van der Waals surface area contributed by atoms with Crippen molar-refractivity contribution in [2.45, 2.75) is 11.3 Å². The number of benzene rings is 1. The van der Waals surface area contributed by atoms with Crippen LogP contribution in [-0.2, 0) is 16.1 Å². The largest absolute Gasteiger partial charge is 0.362 e. The number of rotatable bonds is 4. The Morgan fingerprint density at radius 2 is 1.96 bits per heavy atom. The molecule has 0 aliphatic carbocycles. The third-order valence-corrected chi connectivity index (χ3v) is 5.11. The number of fused-ring (bicyclic) bond motifs is 1. The van der Waals surface area contributed by atoms with Crippen LogP contribution in [0.1, 0.15) is 11.1 Å². The van der Waals surface area contributed by atoms with Gasteiger partial charge >= 0.3 is 0 Å².